The van der Waals surface area contributed by atoms with Crippen LogP contribution in [0.5, 0.6) is 0 Å². The maximum atomic E-state index is 11.3. The summed E-state index contributed by atoms with van der Waals surface area (Å²) < 4.78 is 6.48. The molecule has 0 aromatic carbocycles. The first kappa shape index (κ1) is 13.8. The molecule has 96 valence electrons. The molecule has 17 heavy (non-hydrogen) atoms. The Bertz CT molecular complexity index is 413. The summed E-state index contributed by atoms with van der Waals surface area (Å²) in [6, 6.07) is 0. The van der Waals surface area contributed by atoms with Gasteiger partial charge in [-0.1, -0.05) is 25.1 Å². The van der Waals surface area contributed by atoms with Crippen LogP contribution in [0.15, 0.2) is 9.95 Å². The first-order valence-corrected chi connectivity index (χ1v) is 6.61. The summed E-state index contributed by atoms with van der Waals surface area (Å²) in [5.41, 5.74) is -0.255. The number of H-pyrrole nitrogens is 1. The van der Waals surface area contributed by atoms with Crippen LogP contribution >= 0.6 is 11.8 Å². The van der Waals surface area contributed by atoms with E-state index in [-0.39, 0.29) is 17.4 Å². The number of rotatable bonds is 7. The molecule has 1 aromatic rings. The number of nitrogens with one attached hydrogen (secondary N) is 1. The number of esters is 1. The molecule has 1 heterocycles. The van der Waals surface area contributed by atoms with Crippen molar-refractivity contribution in [2.45, 2.75) is 38.4 Å². The van der Waals surface area contributed by atoms with E-state index >= 15 is 0 Å². The van der Waals surface area contributed by atoms with E-state index in [0.717, 1.165) is 12.8 Å². The normalized spacial score (nSPS) is 10.5. The Hall–Kier alpha value is -1.24. The molecular formula is C10H17N3O3S. The lowest BCUT2D eigenvalue weighted by molar-refractivity contribution is -0.140. The Labute approximate surface area is 104 Å². The summed E-state index contributed by atoms with van der Waals surface area (Å²) in [7, 11) is 0. The third kappa shape index (κ3) is 4.26. The fourth-order valence-corrected chi connectivity index (χ4v) is 2.00. The predicted molar refractivity (Wildman–Crippen MR) is 65.1 cm³/mol. The Morgan fingerprint density at radius 1 is 1.53 bits per heavy atom. The summed E-state index contributed by atoms with van der Waals surface area (Å²) in [5, 5.41) is 6.70. The van der Waals surface area contributed by atoms with Gasteiger partial charge in [0, 0.05) is 6.54 Å². The van der Waals surface area contributed by atoms with E-state index in [1.54, 1.807) is 0 Å². The zero-order chi connectivity index (χ0) is 12.7. The zero-order valence-electron chi connectivity index (χ0n) is 10.1. The Kier molecular flexibility index (Phi) is 5.82. The molecule has 0 amide bonds. The molecule has 0 aliphatic heterocycles. The van der Waals surface area contributed by atoms with Crippen LogP contribution in [-0.2, 0) is 16.1 Å². The van der Waals surface area contributed by atoms with Crippen molar-refractivity contribution in [1.29, 1.82) is 0 Å². The summed E-state index contributed by atoms with van der Waals surface area (Å²) in [5.74, 6) is -0.102. The van der Waals surface area contributed by atoms with E-state index in [2.05, 4.69) is 10.2 Å². The van der Waals surface area contributed by atoms with Gasteiger partial charge in [0.25, 0.3) is 0 Å². The van der Waals surface area contributed by atoms with Crippen molar-refractivity contribution in [3.05, 3.63) is 10.5 Å². The lowest BCUT2D eigenvalue weighted by atomic mass is 10.4. The van der Waals surface area contributed by atoms with Gasteiger partial charge in [-0.15, -0.1) is 5.10 Å². The number of aromatic nitrogens is 3. The molecule has 0 fully saturated rings. The summed E-state index contributed by atoms with van der Waals surface area (Å²) in [6.07, 6.45) is 1.87. The highest BCUT2D eigenvalue weighted by molar-refractivity contribution is 7.99. The quantitative estimate of drug-likeness (QED) is 0.449. The van der Waals surface area contributed by atoms with Gasteiger partial charge in [-0.25, -0.2) is 9.89 Å². The number of nitrogens with zero attached hydrogens (tertiary/aromatic N) is 2. The van der Waals surface area contributed by atoms with Gasteiger partial charge in [0.1, 0.15) is 0 Å². The van der Waals surface area contributed by atoms with Crippen molar-refractivity contribution < 1.29 is 9.53 Å². The molecule has 0 radical (unpaired) electrons. The number of hydrogen-bond donors (Lipinski definition) is 1. The topological polar surface area (TPSA) is 77.0 Å². The molecular weight excluding hydrogens is 242 g/mol. The van der Waals surface area contributed by atoms with Crippen molar-refractivity contribution >= 4 is 17.7 Å². The highest BCUT2D eigenvalue weighted by Gasteiger charge is 2.10. The van der Waals surface area contributed by atoms with Gasteiger partial charge in [-0.3, -0.25) is 9.36 Å². The molecule has 7 heteroatoms. The number of hydrogen-bond acceptors (Lipinski definition) is 5. The Morgan fingerprint density at radius 3 is 2.94 bits per heavy atom. The number of thioether (sulfide) groups is 1. The van der Waals surface area contributed by atoms with Crippen LogP contribution in [0.3, 0.4) is 0 Å². The van der Waals surface area contributed by atoms with Crippen LogP contribution in [-0.4, -0.2) is 33.1 Å². The van der Waals surface area contributed by atoms with Crippen molar-refractivity contribution in [3.63, 3.8) is 0 Å². The summed E-state index contributed by atoms with van der Waals surface area (Å²) >= 11 is 1.20. The molecule has 0 spiro atoms. The van der Waals surface area contributed by atoms with Crippen LogP contribution in [0.25, 0.3) is 0 Å². The van der Waals surface area contributed by atoms with Gasteiger partial charge in [0.05, 0.1) is 12.4 Å². The highest BCUT2D eigenvalue weighted by Crippen LogP contribution is 2.12. The second-order valence-corrected chi connectivity index (χ2v) is 4.36. The van der Waals surface area contributed by atoms with E-state index in [4.69, 9.17) is 4.74 Å². The molecule has 0 saturated heterocycles. The second-order valence-electron chi connectivity index (χ2n) is 3.42. The van der Waals surface area contributed by atoms with E-state index in [1.807, 2.05) is 13.8 Å². The van der Waals surface area contributed by atoms with Crippen molar-refractivity contribution in [1.82, 2.24) is 14.8 Å². The third-order valence-corrected chi connectivity index (χ3v) is 3.07. The average Bonchev–Trinajstić information content (AvgIpc) is 2.67. The maximum absolute atomic E-state index is 11.3. The average molecular weight is 259 g/mol. The van der Waals surface area contributed by atoms with E-state index in [0.29, 0.717) is 18.3 Å². The number of ether oxygens (including phenoxy) is 1. The largest absolute Gasteiger partial charge is 0.465 e. The predicted octanol–water partition coefficient (Wildman–Crippen LogP) is 1.03. The molecule has 0 bridgehead atoms. The van der Waals surface area contributed by atoms with Crippen molar-refractivity contribution in [3.8, 4) is 0 Å². The molecule has 0 unspecified atom stereocenters. The molecule has 0 aliphatic carbocycles. The van der Waals surface area contributed by atoms with Gasteiger partial charge >= 0.3 is 11.7 Å². The van der Waals surface area contributed by atoms with E-state index < -0.39 is 0 Å². The smallest absolute Gasteiger partial charge is 0.343 e. The van der Waals surface area contributed by atoms with Crippen LogP contribution < -0.4 is 5.69 Å². The van der Waals surface area contributed by atoms with Crippen LogP contribution in [0.1, 0.15) is 26.7 Å². The summed E-state index contributed by atoms with van der Waals surface area (Å²) in [4.78, 5) is 22.6. The minimum Gasteiger partial charge on any atom is -0.465 e. The number of carbonyl (C=O) groups excluding carboxylic acids is 1. The van der Waals surface area contributed by atoms with Gasteiger partial charge < -0.3 is 4.74 Å². The molecule has 1 rings (SSSR count). The standard InChI is InChI=1S/C10H17N3O3S/c1-3-5-6-16-8(14)7-17-10-12-11-9(15)13(10)4-2/h3-7H2,1-2H3,(H,11,15). The van der Waals surface area contributed by atoms with Gasteiger partial charge in [-0.05, 0) is 13.3 Å². The Balaban J connectivity index is 2.39. The van der Waals surface area contributed by atoms with Crippen LogP contribution in [0, 0.1) is 0 Å². The highest BCUT2D eigenvalue weighted by atomic mass is 32.2. The van der Waals surface area contributed by atoms with E-state index in [9.17, 15) is 9.59 Å². The number of unbranched alkanes of at least 4 members (excludes halogenated alkanes) is 1. The summed E-state index contributed by atoms with van der Waals surface area (Å²) in [6.45, 7) is 4.87. The fourth-order valence-electron chi connectivity index (χ4n) is 1.19. The van der Waals surface area contributed by atoms with Gasteiger partial charge in [0.2, 0.25) is 0 Å². The monoisotopic (exact) mass is 259 g/mol. The molecule has 0 aliphatic rings. The SMILES string of the molecule is CCCCOC(=O)CSc1n[nH]c(=O)n1CC. The number of carbonyl (C=O) groups is 1. The molecule has 0 saturated carbocycles. The zero-order valence-corrected chi connectivity index (χ0v) is 10.9. The van der Waals surface area contributed by atoms with Crippen LogP contribution in [0.4, 0.5) is 0 Å². The fraction of sp³-hybridized carbons (Fsp3) is 0.700. The lowest BCUT2D eigenvalue weighted by Crippen LogP contribution is -2.16. The van der Waals surface area contributed by atoms with Gasteiger partial charge in [0.15, 0.2) is 5.16 Å². The number of aromatic amines is 1. The Morgan fingerprint density at radius 2 is 2.29 bits per heavy atom. The van der Waals surface area contributed by atoms with Crippen molar-refractivity contribution in [2.24, 2.45) is 0 Å². The first-order valence-electron chi connectivity index (χ1n) is 5.62. The van der Waals surface area contributed by atoms with Crippen LogP contribution in [0.2, 0.25) is 0 Å². The lowest BCUT2D eigenvalue weighted by Gasteiger charge is -2.03. The molecule has 1 N–H and O–H groups in total. The van der Waals surface area contributed by atoms with Gasteiger partial charge in [-0.2, -0.15) is 0 Å². The molecule has 0 atom stereocenters. The molecule has 1 aromatic heterocycles. The minimum absolute atomic E-state index is 0.175. The maximum Gasteiger partial charge on any atom is 0.343 e. The minimum atomic E-state index is -0.276. The second kappa shape index (κ2) is 7.16. The first-order chi connectivity index (χ1) is 8.19. The van der Waals surface area contributed by atoms with Crippen molar-refractivity contribution in [2.75, 3.05) is 12.4 Å². The third-order valence-electron chi connectivity index (χ3n) is 2.12. The molecule has 6 nitrogen and oxygen atoms in total. The van der Waals surface area contributed by atoms with E-state index in [1.165, 1.54) is 16.3 Å².